The summed E-state index contributed by atoms with van der Waals surface area (Å²) in [7, 11) is 0. The SMILES string of the molecule is O[C@@H](c1ccccc1)C1CN=C(c2ccccc2)c2cc(Cl)ccc2N1. The third kappa shape index (κ3) is 3.36. The average molecular weight is 363 g/mol. The van der Waals surface area contributed by atoms with Crippen molar-refractivity contribution in [2.75, 3.05) is 11.9 Å². The third-order valence-electron chi connectivity index (χ3n) is 4.59. The van der Waals surface area contributed by atoms with Crippen molar-refractivity contribution in [3.63, 3.8) is 0 Å². The van der Waals surface area contributed by atoms with Crippen LogP contribution < -0.4 is 5.32 Å². The van der Waals surface area contributed by atoms with Gasteiger partial charge in [-0.05, 0) is 23.8 Å². The van der Waals surface area contributed by atoms with Crippen molar-refractivity contribution in [2.45, 2.75) is 12.1 Å². The molecule has 0 saturated heterocycles. The van der Waals surface area contributed by atoms with Gasteiger partial charge in [-0.3, -0.25) is 4.99 Å². The van der Waals surface area contributed by atoms with Crippen LogP contribution in [-0.4, -0.2) is 23.4 Å². The number of aliphatic hydroxyl groups excluding tert-OH is 1. The average Bonchev–Trinajstić information content (AvgIpc) is 2.88. The summed E-state index contributed by atoms with van der Waals surface area (Å²) in [4.78, 5) is 4.84. The number of benzene rings is 3. The largest absolute Gasteiger partial charge is 0.386 e. The van der Waals surface area contributed by atoms with Crippen LogP contribution in [0.25, 0.3) is 0 Å². The van der Waals surface area contributed by atoms with Crippen molar-refractivity contribution >= 4 is 23.0 Å². The van der Waals surface area contributed by atoms with Gasteiger partial charge in [0.25, 0.3) is 0 Å². The van der Waals surface area contributed by atoms with Gasteiger partial charge < -0.3 is 10.4 Å². The van der Waals surface area contributed by atoms with E-state index >= 15 is 0 Å². The second kappa shape index (κ2) is 7.32. The van der Waals surface area contributed by atoms with E-state index < -0.39 is 6.10 Å². The van der Waals surface area contributed by atoms with Crippen molar-refractivity contribution in [3.05, 3.63) is 101 Å². The fourth-order valence-electron chi connectivity index (χ4n) is 3.26. The molecule has 0 radical (unpaired) electrons. The molecule has 0 amide bonds. The number of rotatable bonds is 3. The number of benzodiazepines with no additional fused rings is 1. The number of halogens is 1. The summed E-state index contributed by atoms with van der Waals surface area (Å²) in [5.74, 6) is 0. The zero-order valence-corrected chi connectivity index (χ0v) is 14.9. The van der Waals surface area contributed by atoms with Crippen molar-refractivity contribution < 1.29 is 5.11 Å². The molecule has 3 nitrogen and oxygen atoms in total. The van der Waals surface area contributed by atoms with Crippen LogP contribution in [0.4, 0.5) is 5.69 Å². The van der Waals surface area contributed by atoms with Crippen LogP contribution in [0, 0.1) is 0 Å². The summed E-state index contributed by atoms with van der Waals surface area (Å²) in [6.07, 6.45) is -0.654. The van der Waals surface area contributed by atoms with Crippen molar-refractivity contribution in [3.8, 4) is 0 Å². The maximum atomic E-state index is 10.8. The van der Waals surface area contributed by atoms with Gasteiger partial charge >= 0.3 is 0 Å². The molecule has 0 aliphatic carbocycles. The molecule has 26 heavy (non-hydrogen) atoms. The lowest BCUT2D eigenvalue weighted by Crippen LogP contribution is -2.30. The molecule has 0 fully saturated rings. The summed E-state index contributed by atoms with van der Waals surface area (Å²) in [5, 5.41) is 15.0. The molecule has 3 aromatic carbocycles. The maximum Gasteiger partial charge on any atom is 0.101 e. The standard InChI is InChI=1S/C22H19ClN2O/c23-17-11-12-19-18(13-17)21(15-7-3-1-4-8-15)24-14-20(25-19)22(26)16-9-5-2-6-10-16/h1-13,20,22,25-26H,14H2/t20?,22-/m0/s1. The number of aliphatic hydroxyl groups is 1. The molecule has 1 aliphatic heterocycles. The van der Waals surface area contributed by atoms with E-state index in [1.807, 2.05) is 78.9 Å². The van der Waals surface area contributed by atoms with Gasteiger partial charge in [0.2, 0.25) is 0 Å². The number of hydrogen-bond acceptors (Lipinski definition) is 3. The highest BCUT2D eigenvalue weighted by atomic mass is 35.5. The van der Waals surface area contributed by atoms with Gasteiger partial charge in [0.1, 0.15) is 6.10 Å². The summed E-state index contributed by atoms with van der Waals surface area (Å²) in [5.41, 5.74) is 4.67. The zero-order valence-electron chi connectivity index (χ0n) is 14.1. The van der Waals surface area contributed by atoms with Crippen LogP contribution in [0.15, 0.2) is 83.9 Å². The Hall–Kier alpha value is -2.62. The second-order valence-electron chi connectivity index (χ2n) is 6.35. The van der Waals surface area contributed by atoms with E-state index in [1.54, 1.807) is 0 Å². The van der Waals surface area contributed by atoms with Gasteiger partial charge in [0.05, 0.1) is 18.3 Å². The summed E-state index contributed by atoms with van der Waals surface area (Å²) in [6.45, 7) is 0.465. The van der Waals surface area contributed by atoms with Crippen LogP contribution in [-0.2, 0) is 0 Å². The number of aliphatic imine (C=N–C) groups is 1. The fraction of sp³-hybridized carbons (Fsp3) is 0.136. The summed E-state index contributed by atoms with van der Waals surface area (Å²) in [6, 6.07) is 25.2. The Morgan fingerprint density at radius 1 is 0.962 bits per heavy atom. The van der Waals surface area contributed by atoms with Crippen LogP contribution in [0.1, 0.15) is 22.8 Å². The number of hydrogen-bond donors (Lipinski definition) is 2. The summed E-state index contributed by atoms with van der Waals surface area (Å²) < 4.78 is 0. The van der Waals surface area contributed by atoms with Crippen molar-refractivity contribution in [2.24, 2.45) is 4.99 Å². The normalized spacial score (nSPS) is 17.5. The smallest absolute Gasteiger partial charge is 0.101 e. The predicted octanol–water partition coefficient (Wildman–Crippen LogP) is 4.71. The first-order chi connectivity index (χ1) is 12.7. The zero-order chi connectivity index (χ0) is 17.9. The molecular formula is C22H19ClN2O. The highest BCUT2D eigenvalue weighted by Gasteiger charge is 2.25. The van der Waals surface area contributed by atoms with E-state index in [0.29, 0.717) is 11.6 Å². The maximum absolute atomic E-state index is 10.8. The van der Waals surface area contributed by atoms with E-state index in [1.165, 1.54) is 0 Å². The molecule has 0 spiro atoms. The minimum atomic E-state index is -0.654. The monoisotopic (exact) mass is 362 g/mol. The topological polar surface area (TPSA) is 44.6 Å². The molecule has 3 aromatic rings. The first-order valence-electron chi connectivity index (χ1n) is 8.62. The molecule has 130 valence electrons. The van der Waals surface area contributed by atoms with E-state index in [2.05, 4.69) is 5.32 Å². The number of fused-ring (bicyclic) bond motifs is 1. The van der Waals surface area contributed by atoms with Crippen LogP contribution >= 0.6 is 11.6 Å². The molecule has 1 aliphatic rings. The lowest BCUT2D eigenvalue weighted by atomic mass is 10.00. The first kappa shape index (κ1) is 16.8. The van der Waals surface area contributed by atoms with Crippen LogP contribution in [0.2, 0.25) is 5.02 Å². The van der Waals surface area contributed by atoms with Gasteiger partial charge in [-0.2, -0.15) is 0 Å². The highest BCUT2D eigenvalue weighted by molar-refractivity contribution is 6.31. The van der Waals surface area contributed by atoms with Gasteiger partial charge in [-0.1, -0.05) is 72.3 Å². The molecule has 4 rings (SSSR count). The first-order valence-corrected chi connectivity index (χ1v) is 8.99. The lowest BCUT2D eigenvalue weighted by Gasteiger charge is -2.23. The Morgan fingerprint density at radius 3 is 2.38 bits per heavy atom. The number of anilines is 1. The minimum Gasteiger partial charge on any atom is -0.386 e. The second-order valence-corrected chi connectivity index (χ2v) is 6.79. The molecule has 2 atom stereocenters. The van der Waals surface area contributed by atoms with Gasteiger partial charge in [-0.15, -0.1) is 0 Å². The number of nitrogens with one attached hydrogen (secondary N) is 1. The molecular weight excluding hydrogens is 344 g/mol. The molecule has 2 N–H and O–H groups in total. The van der Waals surface area contributed by atoms with E-state index in [-0.39, 0.29) is 6.04 Å². The Balaban J connectivity index is 1.76. The van der Waals surface area contributed by atoms with Gasteiger partial charge in [0.15, 0.2) is 0 Å². The molecule has 1 heterocycles. The van der Waals surface area contributed by atoms with E-state index in [0.717, 1.165) is 28.1 Å². The number of nitrogens with zero attached hydrogens (tertiary/aromatic N) is 1. The van der Waals surface area contributed by atoms with Crippen molar-refractivity contribution in [1.82, 2.24) is 0 Å². The lowest BCUT2D eigenvalue weighted by molar-refractivity contribution is 0.157. The van der Waals surface area contributed by atoms with Crippen molar-refractivity contribution in [1.29, 1.82) is 0 Å². The Kier molecular flexibility index (Phi) is 4.74. The van der Waals surface area contributed by atoms with E-state index in [4.69, 9.17) is 16.6 Å². The molecule has 0 aromatic heterocycles. The predicted molar refractivity (Wildman–Crippen MR) is 107 cm³/mol. The van der Waals surface area contributed by atoms with E-state index in [9.17, 15) is 5.11 Å². The molecule has 1 unspecified atom stereocenters. The molecule has 0 saturated carbocycles. The van der Waals surface area contributed by atoms with Gasteiger partial charge in [0, 0.05) is 21.8 Å². The highest BCUT2D eigenvalue weighted by Crippen LogP contribution is 2.30. The summed E-state index contributed by atoms with van der Waals surface area (Å²) >= 11 is 6.25. The molecule has 4 heteroatoms. The molecule has 0 bridgehead atoms. The Morgan fingerprint density at radius 2 is 1.65 bits per heavy atom. The van der Waals surface area contributed by atoms with Crippen LogP contribution in [0.3, 0.4) is 0 Å². The Labute approximate surface area is 158 Å². The van der Waals surface area contributed by atoms with Crippen LogP contribution in [0.5, 0.6) is 0 Å². The minimum absolute atomic E-state index is 0.224. The quantitative estimate of drug-likeness (QED) is 0.709. The Bertz CT molecular complexity index is 925. The fourth-order valence-corrected chi connectivity index (χ4v) is 3.43. The third-order valence-corrected chi connectivity index (χ3v) is 4.83. The van der Waals surface area contributed by atoms with Gasteiger partial charge in [-0.25, -0.2) is 0 Å².